The van der Waals surface area contributed by atoms with Crippen molar-refractivity contribution in [2.45, 2.75) is 12.2 Å². The Labute approximate surface area is 200 Å². The van der Waals surface area contributed by atoms with Crippen LogP contribution in [0.15, 0.2) is 85.1 Å². The quantitative estimate of drug-likeness (QED) is 0.371. The Morgan fingerprint density at radius 1 is 1.00 bits per heavy atom. The van der Waals surface area contributed by atoms with Crippen molar-refractivity contribution in [2.75, 3.05) is 6.61 Å². The number of aromatic nitrogens is 1. The molecule has 0 aliphatic heterocycles. The van der Waals surface area contributed by atoms with E-state index in [0.717, 1.165) is 12.1 Å². The number of amides is 1. The van der Waals surface area contributed by atoms with Crippen molar-refractivity contribution in [2.24, 2.45) is 0 Å². The van der Waals surface area contributed by atoms with Crippen LogP contribution in [0.25, 0.3) is 10.8 Å². The smallest absolute Gasteiger partial charge is 0.416 e. The van der Waals surface area contributed by atoms with Crippen molar-refractivity contribution < 1.29 is 27.8 Å². The summed E-state index contributed by atoms with van der Waals surface area (Å²) < 4.78 is 44.1. The molecule has 1 aromatic heterocycles. The number of pyridine rings is 1. The number of halogens is 3. The van der Waals surface area contributed by atoms with Gasteiger partial charge in [0.25, 0.3) is 5.91 Å². The van der Waals surface area contributed by atoms with E-state index in [0.29, 0.717) is 27.8 Å². The van der Waals surface area contributed by atoms with E-state index in [2.05, 4.69) is 10.3 Å². The molecule has 0 unspecified atom stereocenters. The molecule has 176 valence electrons. The lowest BCUT2D eigenvalue weighted by Crippen LogP contribution is -2.31. The molecule has 4 aromatic rings. The van der Waals surface area contributed by atoms with Crippen LogP contribution in [0.4, 0.5) is 13.2 Å². The number of hydrogen-bond acceptors (Lipinski definition) is 4. The van der Waals surface area contributed by atoms with Gasteiger partial charge in [-0.05, 0) is 66.0 Å². The lowest BCUT2D eigenvalue weighted by atomic mass is 10.0. The van der Waals surface area contributed by atoms with E-state index in [9.17, 15) is 23.1 Å². The Bertz CT molecular complexity index is 1270. The molecule has 0 bridgehead atoms. The van der Waals surface area contributed by atoms with Gasteiger partial charge in [-0.25, -0.2) is 0 Å². The fraction of sp³-hybridized carbons (Fsp3) is 0.120. The van der Waals surface area contributed by atoms with Gasteiger partial charge in [0, 0.05) is 17.1 Å². The Kier molecular flexibility index (Phi) is 7.80. The molecule has 3 aromatic carbocycles. The summed E-state index contributed by atoms with van der Waals surface area (Å²) in [4.78, 5) is 16.9. The Hall–Kier alpha value is -3.56. The molecule has 0 spiro atoms. The normalized spacial score (nSPS) is 12.0. The molecule has 1 heterocycles. The number of aliphatic hydroxyl groups excluding tert-OH is 1. The van der Waals surface area contributed by atoms with Crippen LogP contribution in [0.1, 0.15) is 27.7 Å². The van der Waals surface area contributed by atoms with E-state index in [1.165, 1.54) is 12.1 Å². The molecular weight excluding hydrogens is 465 g/mol. The lowest BCUT2D eigenvalue weighted by Gasteiger charge is -2.16. The summed E-state index contributed by atoms with van der Waals surface area (Å²) in [6, 6.07) is 19.2. The summed E-state index contributed by atoms with van der Waals surface area (Å²) in [5, 5.41) is 13.8. The van der Waals surface area contributed by atoms with Gasteiger partial charge in [-0.15, -0.1) is 0 Å². The maximum atomic E-state index is 12.8. The van der Waals surface area contributed by atoms with E-state index < -0.39 is 17.8 Å². The van der Waals surface area contributed by atoms with Crippen molar-refractivity contribution in [1.82, 2.24) is 10.3 Å². The monoisotopic (exact) mass is 486 g/mol. The number of aliphatic hydroxyl groups is 1. The van der Waals surface area contributed by atoms with E-state index in [1.807, 2.05) is 0 Å². The van der Waals surface area contributed by atoms with Crippen molar-refractivity contribution in [3.8, 4) is 11.5 Å². The van der Waals surface area contributed by atoms with Gasteiger partial charge in [0.2, 0.25) is 0 Å². The van der Waals surface area contributed by atoms with Crippen molar-refractivity contribution in [3.05, 3.63) is 102 Å². The van der Waals surface area contributed by atoms with E-state index in [1.54, 1.807) is 60.8 Å². The number of benzene rings is 3. The fourth-order valence-corrected chi connectivity index (χ4v) is 3.36. The molecule has 0 radical (unpaired) electrons. The lowest BCUT2D eigenvalue weighted by molar-refractivity contribution is -0.137. The molecule has 0 fully saturated rings. The van der Waals surface area contributed by atoms with Crippen molar-refractivity contribution in [1.29, 1.82) is 0 Å². The van der Waals surface area contributed by atoms with Crippen LogP contribution in [-0.4, -0.2) is 22.6 Å². The molecule has 0 aliphatic rings. The first-order chi connectivity index (χ1) is 15.8. The van der Waals surface area contributed by atoms with Gasteiger partial charge in [-0.1, -0.05) is 18.2 Å². The van der Waals surface area contributed by atoms with E-state index >= 15 is 0 Å². The Balaban J connectivity index is 0.00000324. The minimum atomic E-state index is -4.42. The van der Waals surface area contributed by atoms with Gasteiger partial charge in [-0.3, -0.25) is 9.78 Å². The van der Waals surface area contributed by atoms with Crippen molar-refractivity contribution >= 4 is 30.2 Å². The molecule has 0 saturated carbocycles. The predicted octanol–water partition coefficient (Wildman–Crippen LogP) is 5.62. The summed E-state index contributed by atoms with van der Waals surface area (Å²) >= 11 is 0. The summed E-state index contributed by atoms with van der Waals surface area (Å²) in [5.41, 5.74) is 0.167. The second-order valence-electron chi connectivity index (χ2n) is 7.28. The van der Waals surface area contributed by atoms with Crippen LogP contribution in [-0.2, 0) is 6.18 Å². The van der Waals surface area contributed by atoms with Crippen LogP contribution >= 0.6 is 13.5 Å². The first-order valence-corrected chi connectivity index (χ1v) is 10.1. The van der Waals surface area contributed by atoms with Gasteiger partial charge in [0.1, 0.15) is 11.5 Å². The molecular formula is C25H21F3N2O3S. The van der Waals surface area contributed by atoms with E-state index in [-0.39, 0.29) is 31.8 Å². The molecule has 34 heavy (non-hydrogen) atoms. The molecule has 4 rings (SSSR count). The summed E-state index contributed by atoms with van der Waals surface area (Å²) in [6.07, 6.45) is -2.83. The Morgan fingerprint density at radius 2 is 1.76 bits per heavy atom. The molecule has 0 saturated heterocycles. The van der Waals surface area contributed by atoms with Crippen LogP contribution in [0.3, 0.4) is 0 Å². The number of nitrogens with one attached hydrogen (secondary N) is 1. The number of fused-ring (bicyclic) bond motifs is 1. The van der Waals surface area contributed by atoms with Crippen molar-refractivity contribution in [3.63, 3.8) is 0 Å². The average Bonchev–Trinajstić information content (AvgIpc) is 2.82. The highest BCUT2D eigenvalue weighted by Crippen LogP contribution is 2.33. The third kappa shape index (κ3) is 5.67. The number of alkyl halides is 3. The number of carbonyl (C=O) groups excluding carboxylic acids is 1. The highest BCUT2D eigenvalue weighted by Gasteiger charge is 2.30. The number of ether oxygens (including phenoxy) is 1. The molecule has 5 nitrogen and oxygen atoms in total. The zero-order valence-electron chi connectivity index (χ0n) is 17.7. The molecule has 1 atom stereocenters. The maximum absolute atomic E-state index is 12.8. The third-order valence-electron chi connectivity index (χ3n) is 5.04. The van der Waals surface area contributed by atoms with Crippen LogP contribution in [0.2, 0.25) is 0 Å². The molecule has 9 heteroatoms. The van der Waals surface area contributed by atoms with Gasteiger partial charge >= 0.3 is 6.18 Å². The van der Waals surface area contributed by atoms with Gasteiger partial charge < -0.3 is 15.2 Å². The highest BCUT2D eigenvalue weighted by molar-refractivity contribution is 7.59. The number of nitrogens with zero attached hydrogens (tertiary/aromatic N) is 1. The summed E-state index contributed by atoms with van der Waals surface area (Å²) in [7, 11) is 0. The molecule has 0 aliphatic carbocycles. The van der Waals surface area contributed by atoms with Crippen LogP contribution in [0, 0.1) is 0 Å². The first kappa shape index (κ1) is 25.1. The summed E-state index contributed by atoms with van der Waals surface area (Å²) in [6.45, 7) is -0.304. The summed E-state index contributed by atoms with van der Waals surface area (Å²) in [5.74, 6) is 0.329. The predicted molar refractivity (Wildman–Crippen MR) is 127 cm³/mol. The second-order valence-corrected chi connectivity index (χ2v) is 7.28. The van der Waals surface area contributed by atoms with Gasteiger partial charge in [-0.2, -0.15) is 26.7 Å². The molecule has 1 amide bonds. The van der Waals surface area contributed by atoms with E-state index in [4.69, 9.17) is 4.74 Å². The maximum Gasteiger partial charge on any atom is 0.416 e. The van der Waals surface area contributed by atoms with Crippen LogP contribution < -0.4 is 10.1 Å². The average molecular weight is 487 g/mol. The van der Waals surface area contributed by atoms with Crippen LogP contribution in [0.5, 0.6) is 11.5 Å². The SMILES string of the molecule is O=C(N[C@H](CO)c1ccccn1)c1ccc2c(Oc3ccc(C(F)(F)F)cc3)cccc2c1.S. The van der Waals surface area contributed by atoms with Gasteiger partial charge in [0.15, 0.2) is 0 Å². The first-order valence-electron chi connectivity index (χ1n) is 10.1. The fourth-order valence-electron chi connectivity index (χ4n) is 3.36. The topological polar surface area (TPSA) is 71.5 Å². The minimum absolute atomic E-state index is 0. The largest absolute Gasteiger partial charge is 0.457 e. The number of hydrogen-bond donors (Lipinski definition) is 2. The zero-order valence-corrected chi connectivity index (χ0v) is 18.7. The minimum Gasteiger partial charge on any atom is -0.457 e. The number of rotatable bonds is 6. The highest BCUT2D eigenvalue weighted by atomic mass is 32.1. The van der Waals surface area contributed by atoms with Gasteiger partial charge in [0.05, 0.1) is 23.9 Å². The second kappa shape index (κ2) is 10.6. The standard InChI is InChI=1S/C25H19F3N2O3.H2S/c26-25(27,28)18-8-10-19(11-9-18)33-23-6-3-4-16-14-17(7-12-20(16)23)24(32)30-22(15-31)21-5-1-2-13-29-21;/h1-14,22,31H,15H2,(H,30,32);1H2/t22-;/m1./s1. The third-order valence-corrected chi connectivity index (χ3v) is 5.04. The molecule has 2 N–H and O–H groups in total. The Morgan fingerprint density at radius 3 is 2.41 bits per heavy atom. The zero-order chi connectivity index (χ0) is 23.4. The number of carbonyl (C=O) groups is 1.